The van der Waals surface area contributed by atoms with Gasteiger partial charge in [0, 0.05) is 14.1 Å². The van der Waals surface area contributed by atoms with Gasteiger partial charge in [-0.3, -0.25) is 0 Å². The van der Waals surface area contributed by atoms with Crippen LogP contribution >= 0.6 is 0 Å². The first-order chi connectivity index (χ1) is 5.52. The highest BCUT2D eigenvalue weighted by Crippen LogP contribution is 2.17. The summed E-state index contributed by atoms with van der Waals surface area (Å²) in [5.74, 6) is -0.151. The van der Waals surface area contributed by atoms with E-state index in [4.69, 9.17) is 0 Å². The van der Waals surface area contributed by atoms with E-state index in [2.05, 4.69) is 10.2 Å². The van der Waals surface area contributed by atoms with E-state index >= 15 is 0 Å². The highest BCUT2D eigenvalue weighted by molar-refractivity contribution is 6.32. The maximum atomic E-state index is 13.4. The smallest absolute Gasteiger partial charge is 0.149 e. The predicted octanol–water partition coefficient (Wildman–Crippen LogP) is 0.994. The summed E-state index contributed by atoms with van der Waals surface area (Å²) in [4.78, 5) is 1.76. The molecule has 0 atom stereocenters. The summed E-state index contributed by atoms with van der Waals surface area (Å²) in [7, 11) is 7.02. The predicted molar refractivity (Wildman–Crippen MR) is 50.9 cm³/mol. The molecule has 0 aliphatic heterocycles. The van der Waals surface area contributed by atoms with E-state index in [-0.39, 0.29) is 5.82 Å². The molecule has 0 fully saturated rings. The third kappa shape index (κ3) is 1.66. The normalized spacial score (nSPS) is 10.1. The number of benzene rings is 1. The zero-order chi connectivity index (χ0) is 9.30. The fourth-order valence-corrected chi connectivity index (χ4v) is 1.43. The quantitative estimate of drug-likeness (QED) is 0.583. The Morgan fingerprint density at radius 2 is 1.92 bits per heavy atom. The highest BCUT2D eigenvalue weighted by Gasteiger charge is 2.07. The maximum absolute atomic E-state index is 13.4. The van der Waals surface area contributed by atoms with Gasteiger partial charge in [-0.05, 0) is 18.6 Å². The first kappa shape index (κ1) is 9.26. The Labute approximate surface area is 75.6 Å². The van der Waals surface area contributed by atoms with Gasteiger partial charge in [0.05, 0.1) is 15.9 Å². The van der Waals surface area contributed by atoms with Crippen molar-refractivity contribution in [2.45, 2.75) is 6.92 Å². The summed E-state index contributed by atoms with van der Waals surface area (Å²) in [6.45, 7) is 1.76. The van der Waals surface area contributed by atoms with Crippen molar-refractivity contribution < 1.29 is 4.39 Å². The Kier molecular flexibility index (Phi) is 2.52. The Morgan fingerprint density at radius 3 is 2.42 bits per heavy atom. The molecule has 1 rings (SSSR count). The topological polar surface area (TPSA) is 3.24 Å². The summed E-state index contributed by atoms with van der Waals surface area (Å²) in [5, 5.41) is 0.901. The van der Waals surface area contributed by atoms with Gasteiger partial charge in [-0.1, -0.05) is 11.3 Å². The van der Waals surface area contributed by atoms with Crippen LogP contribution in [0.3, 0.4) is 0 Å². The lowest BCUT2D eigenvalue weighted by atomic mass is 10.2. The van der Waals surface area contributed by atoms with E-state index in [1.165, 1.54) is 0 Å². The van der Waals surface area contributed by atoms with Gasteiger partial charge in [0.1, 0.15) is 5.82 Å². The third-order valence-corrected chi connectivity index (χ3v) is 2.01. The zero-order valence-corrected chi connectivity index (χ0v) is 8.48. The van der Waals surface area contributed by atoms with Crippen molar-refractivity contribution >= 4 is 21.1 Å². The van der Waals surface area contributed by atoms with Crippen LogP contribution in [0.2, 0.25) is 0 Å². The minimum atomic E-state index is -0.151. The Bertz CT molecular complexity index is 297. The molecule has 0 unspecified atom stereocenters. The molecule has 1 nitrogen and oxygen atoms in total. The van der Waals surface area contributed by atoms with Gasteiger partial charge in [0.2, 0.25) is 0 Å². The fourth-order valence-electron chi connectivity index (χ4n) is 1.08. The van der Waals surface area contributed by atoms with Crippen LogP contribution in [0.4, 0.5) is 10.1 Å². The SMILES string of the molecule is Cc1cc([Si])cc(N(C)C)c1F. The molecule has 0 amide bonds. The van der Waals surface area contributed by atoms with Crippen LogP contribution in [0.1, 0.15) is 5.56 Å². The van der Waals surface area contributed by atoms with Gasteiger partial charge in [0.25, 0.3) is 0 Å². The first-order valence-electron chi connectivity index (χ1n) is 3.71. The second-order valence-electron chi connectivity index (χ2n) is 3.02. The third-order valence-electron chi connectivity index (χ3n) is 1.72. The molecule has 0 aliphatic rings. The molecular formula is C9H11FNSi. The van der Waals surface area contributed by atoms with E-state index in [0.29, 0.717) is 11.3 Å². The molecule has 0 saturated carbocycles. The molecule has 63 valence electrons. The highest BCUT2D eigenvalue weighted by atomic mass is 28.1. The van der Waals surface area contributed by atoms with Crippen molar-refractivity contribution in [3.63, 3.8) is 0 Å². The molecule has 0 heterocycles. The van der Waals surface area contributed by atoms with Crippen LogP contribution in [0.5, 0.6) is 0 Å². The first-order valence-corrected chi connectivity index (χ1v) is 4.21. The molecule has 3 heteroatoms. The standard InChI is InChI=1S/C9H11FNSi/c1-6-4-7(12)5-8(9(6)10)11(2)3/h4-5H,1-3H3. The number of hydrogen-bond donors (Lipinski definition) is 0. The van der Waals surface area contributed by atoms with Crippen molar-refractivity contribution in [3.8, 4) is 0 Å². The van der Waals surface area contributed by atoms with Crippen LogP contribution in [-0.2, 0) is 0 Å². The molecule has 0 aromatic heterocycles. The van der Waals surface area contributed by atoms with Crippen molar-refractivity contribution in [1.29, 1.82) is 0 Å². The number of halogens is 1. The van der Waals surface area contributed by atoms with Crippen molar-refractivity contribution in [1.82, 2.24) is 0 Å². The van der Waals surface area contributed by atoms with Gasteiger partial charge in [-0.2, -0.15) is 0 Å². The Morgan fingerprint density at radius 1 is 1.33 bits per heavy atom. The van der Waals surface area contributed by atoms with E-state index in [1.807, 2.05) is 14.1 Å². The number of rotatable bonds is 1. The number of anilines is 1. The van der Waals surface area contributed by atoms with Crippen LogP contribution in [-0.4, -0.2) is 24.3 Å². The van der Waals surface area contributed by atoms with Crippen LogP contribution in [0, 0.1) is 12.7 Å². The van der Waals surface area contributed by atoms with Gasteiger partial charge in [0.15, 0.2) is 0 Å². The van der Waals surface area contributed by atoms with Crippen molar-refractivity contribution in [2.75, 3.05) is 19.0 Å². The Balaban J connectivity index is 3.28. The average molecular weight is 180 g/mol. The molecule has 0 N–H and O–H groups in total. The second kappa shape index (κ2) is 3.27. The van der Waals surface area contributed by atoms with Crippen LogP contribution < -0.4 is 10.1 Å². The average Bonchev–Trinajstić information content (AvgIpc) is 1.96. The molecule has 0 aliphatic carbocycles. The van der Waals surface area contributed by atoms with Gasteiger partial charge in [-0.25, -0.2) is 4.39 Å². The molecular weight excluding hydrogens is 169 g/mol. The van der Waals surface area contributed by atoms with E-state index < -0.39 is 0 Å². The van der Waals surface area contributed by atoms with Crippen molar-refractivity contribution in [2.24, 2.45) is 0 Å². The van der Waals surface area contributed by atoms with Gasteiger partial charge >= 0.3 is 0 Å². The van der Waals surface area contributed by atoms with Gasteiger partial charge < -0.3 is 4.90 Å². The van der Waals surface area contributed by atoms with Crippen LogP contribution in [0.25, 0.3) is 0 Å². The largest absolute Gasteiger partial charge is 0.375 e. The number of hydrogen-bond acceptors (Lipinski definition) is 1. The van der Waals surface area contributed by atoms with Crippen LogP contribution in [0.15, 0.2) is 12.1 Å². The lowest BCUT2D eigenvalue weighted by Crippen LogP contribution is -2.15. The summed E-state index contributed by atoms with van der Waals surface area (Å²) in [6.07, 6.45) is 0. The maximum Gasteiger partial charge on any atom is 0.149 e. The number of aryl methyl sites for hydroxylation is 1. The second-order valence-corrected chi connectivity index (χ2v) is 3.60. The number of nitrogens with zero attached hydrogens (tertiary/aromatic N) is 1. The molecule has 3 radical (unpaired) electrons. The molecule has 0 bridgehead atoms. The van der Waals surface area contributed by atoms with E-state index in [9.17, 15) is 4.39 Å². The summed E-state index contributed by atoms with van der Waals surface area (Å²) in [6, 6.07) is 3.53. The minimum absolute atomic E-state index is 0.151. The zero-order valence-electron chi connectivity index (χ0n) is 7.48. The Hall–Kier alpha value is -0.833. The van der Waals surface area contributed by atoms with E-state index in [1.54, 1.807) is 24.0 Å². The molecule has 0 spiro atoms. The summed E-state index contributed by atoms with van der Waals surface area (Å²) >= 11 is 0. The molecule has 0 saturated heterocycles. The lowest BCUT2D eigenvalue weighted by Gasteiger charge is -2.15. The summed E-state index contributed by atoms with van der Waals surface area (Å²) < 4.78 is 13.4. The van der Waals surface area contributed by atoms with E-state index in [0.717, 1.165) is 5.19 Å². The molecule has 1 aromatic rings. The minimum Gasteiger partial charge on any atom is -0.375 e. The summed E-state index contributed by atoms with van der Waals surface area (Å²) in [5.41, 5.74) is 1.27. The lowest BCUT2D eigenvalue weighted by molar-refractivity contribution is 0.617. The van der Waals surface area contributed by atoms with Gasteiger partial charge in [-0.15, -0.1) is 0 Å². The molecule has 1 aromatic carbocycles. The molecule has 12 heavy (non-hydrogen) atoms. The van der Waals surface area contributed by atoms with Crippen molar-refractivity contribution in [3.05, 3.63) is 23.5 Å². The fraction of sp³-hybridized carbons (Fsp3) is 0.333. The monoisotopic (exact) mass is 180 g/mol.